The van der Waals surface area contributed by atoms with Crippen molar-refractivity contribution in [3.8, 4) is 5.75 Å². The number of aliphatic carboxylic acids is 1. The van der Waals surface area contributed by atoms with Gasteiger partial charge in [0.15, 0.2) is 0 Å². The van der Waals surface area contributed by atoms with Crippen molar-refractivity contribution in [1.82, 2.24) is 4.90 Å². The lowest BCUT2D eigenvalue weighted by Gasteiger charge is -2.31. The van der Waals surface area contributed by atoms with E-state index >= 15 is 0 Å². The van der Waals surface area contributed by atoms with Gasteiger partial charge in [-0.05, 0) is 43.5 Å². The van der Waals surface area contributed by atoms with Gasteiger partial charge >= 0.3 is 5.97 Å². The maximum absolute atomic E-state index is 11.7. The van der Waals surface area contributed by atoms with Crippen LogP contribution in [0.2, 0.25) is 0 Å². The number of carboxylic acids is 1. The summed E-state index contributed by atoms with van der Waals surface area (Å²) in [6.45, 7) is 7.37. The molecule has 2 unspecified atom stereocenters. The molecule has 2 atom stereocenters. The molecule has 1 aliphatic heterocycles. The summed E-state index contributed by atoms with van der Waals surface area (Å²) < 4.78 is 0. The van der Waals surface area contributed by atoms with Gasteiger partial charge in [0.25, 0.3) is 0 Å². The molecule has 4 nitrogen and oxygen atoms in total. The molecule has 2 rings (SSSR count). The second-order valence-electron chi connectivity index (χ2n) is 6.11. The highest BCUT2D eigenvalue weighted by molar-refractivity contribution is 5.75. The number of carbonyl (C=O) groups is 1. The van der Waals surface area contributed by atoms with E-state index in [1.165, 1.54) is 0 Å². The summed E-state index contributed by atoms with van der Waals surface area (Å²) in [4.78, 5) is 13.9. The molecule has 110 valence electrons. The van der Waals surface area contributed by atoms with Crippen LogP contribution in [0, 0.1) is 11.3 Å². The number of aromatic hydroxyl groups is 1. The fourth-order valence-corrected chi connectivity index (χ4v) is 3.08. The van der Waals surface area contributed by atoms with Gasteiger partial charge in [0.1, 0.15) is 5.75 Å². The monoisotopic (exact) mass is 277 g/mol. The van der Waals surface area contributed by atoms with E-state index < -0.39 is 11.4 Å². The summed E-state index contributed by atoms with van der Waals surface area (Å²) in [7, 11) is 0. The average molecular weight is 277 g/mol. The standard InChI is InChI=1S/C16H23NO3/c1-11(2)16(15(19)20)7-8-17(10-16)12(3)13-5-4-6-14(18)9-13/h4-6,9,11-12,18H,7-8,10H2,1-3H3,(H,19,20). The van der Waals surface area contributed by atoms with Crippen LogP contribution in [0.5, 0.6) is 5.75 Å². The number of hydrogen-bond donors (Lipinski definition) is 2. The Morgan fingerprint density at radius 3 is 2.55 bits per heavy atom. The molecule has 1 aromatic carbocycles. The van der Waals surface area contributed by atoms with E-state index in [-0.39, 0.29) is 17.7 Å². The minimum absolute atomic E-state index is 0.112. The van der Waals surface area contributed by atoms with E-state index in [2.05, 4.69) is 11.8 Å². The largest absolute Gasteiger partial charge is 0.508 e. The molecule has 2 N–H and O–H groups in total. The quantitative estimate of drug-likeness (QED) is 0.888. The van der Waals surface area contributed by atoms with Crippen molar-refractivity contribution < 1.29 is 15.0 Å². The molecule has 0 aliphatic carbocycles. The van der Waals surface area contributed by atoms with Crippen LogP contribution in [0.25, 0.3) is 0 Å². The Morgan fingerprint density at radius 1 is 1.35 bits per heavy atom. The van der Waals surface area contributed by atoms with Gasteiger partial charge in [0, 0.05) is 12.6 Å². The van der Waals surface area contributed by atoms with Crippen molar-refractivity contribution in [2.45, 2.75) is 33.2 Å². The third-order valence-corrected chi connectivity index (χ3v) is 4.76. The van der Waals surface area contributed by atoms with Crippen LogP contribution >= 0.6 is 0 Å². The summed E-state index contributed by atoms with van der Waals surface area (Å²) in [5.74, 6) is -0.332. The Labute approximate surface area is 120 Å². The number of rotatable bonds is 4. The van der Waals surface area contributed by atoms with E-state index in [1.807, 2.05) is 26.0 Å². The van der Waals surface area contributed by atoms with Crippen molar-refractivity contribution >= 4 is 5.97 Å². The van der Waals surface area contributed by atoms with E-state index in [4.69, 9.17) is 0 Å². The third kappa shape index (κ3) is 2.52. The number of phenolic OH excluding ortho intramolecular Hbond substituents is 1. The summed E-state index contributed by atoms with van der Waals surface area (Å²) in [6.07, 6.45) is 0.684. The molecular weight excluding hydrogens is 254 g/mol. The third-order valence-electron chi connectivity index (χ3n) is 4.76. The highest BCUT2D eigenvalue weighted by Gasteiger charge is 2.48. The normalized spacial score (nSPS) is 25.0. The van der Waals surface area contributed by atoms with Crippen molar-refractivity contribution in [3.63, 3.8) is 0 Å². The van der Waals surface area contributed by atoms with Crippen LogP contribution in [0.4, 0.5) is 0 Å². The molecule has 4 heteroatoms. The van der Waals surface area contributed by atoms with E-state index in [9.17, 15) is 15.0 Å². The number of carboxylic acid groups (broad SMARTS) is 1. The molecule has 1 saturated heterocycles. The van der Waals surface area contributed by atoms with Crippen LogP contribution in [0.3, 0.4) is 0 Å². The average Bonchev–Trinajstić information content (AvgIpc) is 2.84. The summed E-state index contributed by atoms with van der Waals surface area (Å²) in [5.41, 5.74) is 0.375. The number of phenols is 1. The second kappa shape index (κ2) is 5.44. The SMILES string of the molecule is CC(c1cccc(O)c1)N1CCC(C(=O)O)(C(C)C)C1. The van der Waals surface area contributed by atoms with Crippen LogP contribution in [-0.4, -0.2) is 34.2 Å². The van der Waals surface area contributed by atoms with Crippen LogP contribution < -0.4 is 0 Å². The number of likely N-dealkylation sites (tertiary alicyclic amines) is 1. The second-order valence-corrected chi connectivity index (χ2v) is 6.11. The van der Waals surface area contributed by atoms with Crippen molar-refractivity contribution in [1.29, 1.82) is 0 Å². The summed E-state index contributed by atoms with van der Waals surface area (Å²) in [6, 6.07) is 7.31. The zero-order valence-corrected chi connectivity index (χ0v) is 12.3. The predicted octanol–water partition coefficient (Wildman–Crippen LogP) is 2.89. The van der Waals surface area contributed by atoms with Crippen molar-refractivity contribution in [2.24, 2.45) is 11.3 Å². The first-order valence-corrected chi connectivity index (χ1v) is 7.13. The number of benzene rings is 1. The fraction of sp³-hybridized carbons (Fsp3) is 0.562. The van der Waals surface area contributed by atoms with Crippen molar-refractivity contribution in [3.05, 3.63) is 29.8 Å². The molecule has 0 saturated carbocycles. The lowest BCUT2D eigenvalue weighted by atomic mass is 9.76. The van der Waals surface area contributed by atoms with E-state index in [0.717, 1.165) is 12.1 Å². The molecule has 0 spiro atoms. The lowest BCUT2D eigenvalue weighted by molar-refractivity contribution is -0.151. The Bertz CT molecular complexity index is 500. The predicted molar refractivity (Wildman–Crippen MR) is 77.6 cm³/mol. The zero-order chi connectivity index (χ0) is 14.9. The molecule has 1 aliphatic rings. The molecule has 1 aromatic rings. The number of nitrogens with zero attached hydrogens (tertiary/aromatic N) is 1. The molecule has 0 amide bonds. The number of hydrogen-bond acceptors (Lipinski definition) is 3. The maximum Gasteiger partial charge on any atom is 0.311 e. The van der Waals surface area contributed by atoms with Crippen molar-refractivity contribution in [2.75, 3.05) is 13.1 Å². The van der Waals surface area contributed by atoms with E-state index in [0.29, 0.717) is 13.0 Å². The topological polar surface area (TPSA) is 60.8 Å². The minimum Gasteiger partial charge on any atom is -0.508 e. The highest BCUT2D eigenvalue weighted by Crippen LogP contribution is 2.41. The lowest BCUT2D eigenvalue weighted by Crippen LogP contribution is -2.39. The molecule has 0 bridgehead atoms. The Balaban J connectivity index is 2.18. The van der Waals surface area contributed by atoms with Gasteiger partial charge < -0.3 is 10.2 Å². The molecule has 1 fully saturated rings. The molecule has 20 heavy (non-hydrogen) atoms. The summed E-state index contributed by atoms with van der Waals surface area (Å²) >= 11 is 0. The van der Waals surface area contributed by atoms with E-state index in [1.54, 1.807) is 12.1 Å². The highest BCUT2D eigenvalue weighted by atomic mass is 16.4. The summed E-state index contributed by atoms with van der Waals surface area (Å²) in [5, 5.41) is 19.2. The van der Waals surface area contributed by atoms with Gasteiger partial charge in [-0.2, -0.15) is 0 Å². The Morgan fingerprint density at radius 2 is 2.05 bits per heavy atom. The fourth-order valence-electron chi connectivity index (χ4n) is 3.08. The van der Waals surface area contributed by atoms with Gasteiger partial charge in [-0.15, -0.1) is 0 Å². The van der Waals surface area contributed by atoms with Gasteiger partial charge in [0.2, 0.25) is 0 Å². The van der Waals surface area contributed by atoms with Gasteiger partial charge in [-0.25, -0.2) is 0 Å². The first-order valence-electron chi connectivity index (χ1n) is 7.13. The minimum atomic E-state index is -0.696. The van der Waals surface area contributed by atoms with Gasteiger partial charge in [-0.1, -0.05) is 26.0 Å². The van der Waals surface area contributed by atoms with Crippen LogP contribution in [0.15, 0.2) is 24.3 Å². The first kappa shape index (κ1) is 14.9. The maximum atomic E-state index is 11.7. The molecule has 1 heterocycles. The Kier molecular flexibility index (Phi) is 4.04. The molecule has 0 radical (unpaired) electrons. The molecule has 0 aromatic heterocycles. The molecular formula is C16H23NO3. The zero-order valence-electron chi connectivity index (χ0n) is 12.3. The first-order chi connectivity index (χ1) is 9.36. The van der Waals surface area contributed by atoms with Gasteiger partial charge in [0.05, 0.1) is 5.41 Å². The van der Waals surface area contributed by atoms with Crippen LogP contribution in [-0.2, 0) is 4.79 Å². The smallest absolute Gasteiger partial charge is 0.311 e. The Hall–Kier alpha value is -1.55. The van der Waals surface area contributed by atoms with Gasteiger partial charge in [-0.3, -0.25) is 9.69 Å². The van der Waals surface area contributed by atoms with Crippen LogP contribution in [0.1, 0.15) is 38.8 Å².